The molecule has 2 fully saturated rings. The van der Waals surface area contributed by atoms with Crippen molar-refractivity contribution in [3.63, 3.8) is 0 Å². The number of aromatic nitrogens is 2. The normalized spacial score (nSPS) is 19.8. The predicted molar refractivity (Wildman–Crippen MR) is 129 cm³/mol. The predicted octanol–water partition coefficient (Wildman–Crippen LogP) is 4.58. The van der Waals surface area contributed by atoms with Gasteiger partial charge in [0, 0.05) is 42.1 Å². The van der Waals surface area contributed by atoms with Crippen LogP contribution in [0.5, 0.6) is 0 Å². The van der Waals surface area contributed by atoms with Gasteiger partial charge < -0.3 is 14.4 Å². The SMILES string of the molecule is CC1CCN(C(=O)Cn2c(C3CC(=O)N(c4ccc(Br)cc4)C3)nc3ccccc32)CC1. The summed E-state index contributed by atoms with van der Waals surface area (Å²) in [5, 5.41) is 0. The van der Waals surface area contributed by atoms with Gasteiger partial charge in [0.05, 0.1) is 11.0 Å². The molecule has 2 saturated heterocycles. The Morgan fingerprint density at radius 1 is 1.09 bits per heavy atom. The molecule has 0 aliphatic carbocycles. The average Bonchev–Trinajstić information content (AvgIpc) is 3.35. The van der Waals surface area contributed by atoms with E-state index in [0.29, 0.717) is 18.9 Å². The summed E-state index contributed by atoms with van der Waals surface area (Å²) in [5.41, 5.74) is 2.72. The molecule has 1 aromatic heterocycles. The minimum atomic E-state index is -0.0484. The van der Waals surface area contributed by atoms with Gasteiger partial charge in [-0.05, 0) is 55.2 Å². The van der Waals surface area contributed by atoms with Crippen LogP contribution in [-0.4, -0.2) is 45.9 Å². The lowest BCUT2D eigenvalue weighted by molar-refractivity contribution is -0.133. The Morgan fingerprint density at radius 2 is 1.81 bits per heavy atom. The van der Waals surface area contributed by atoms with Crippen molar-refractivity contribution in [2.75, 3.05) is 24.5 Å². The minimum absolute atomic E-state index is 0.0484. The zero-order chi connectivity index (χ0) is 22.2. The molecule has 7 heteroatoms. The molecule has 166 valence electrons. The molecule has 32 heavy (non-hydrogen) atoms. The number of halogens is 1. The number of hydrogen-bond donors (Lipinski definition) is 0. The van der Waals surface area contributed by atoms with Crippen LogP contribution in [0.15, 0.2) is 53.0 Å². The molecule has 2 aliphatic rings. The molecule has 6 nitrogen and oxygen atoms in total. The van der Waals surface area contributed by atoms with Crippen molar-refractivity contribution < 1.29 is 9.59 Å². The first-order valence-electron chi connectivity index (χ1n) is 11.3. The Labute approximate surface area is 196 Å². The van der Waals surface area contributed by atoms with Gasteiger partial charge in [0.1, 0.15) is 12.4 Å². The molecule has 3 heterocycles. The van der Waals surface area contributed by atoms with Crippen LogP contribution in [0.1, 0.15) is 37.9 Å². The number of para-hydroxylation sites is 2. The third kappa shape index (κ3) is 4.06. The second kappa shape index (κ2) is 8.70. The Morgan fingerprint density at radius 3 is 2.56 bits per heavy atom. The van der Waals surface area contributed by atoms with Crippen molar-refractivity contribution in [3.05, 3.63) is 58.8 Å². The molecular weight excluding hydrogens is 468 g/mol. The number of carbonyl (C=O) groups is 2. The maximum Gasteiger partial charge on any atom is 0.242 e. The lowest BCUT2D eigenvalue weighted by Crippen LogP contribution is -2.40. The maximum atomic E-state index is 13.2. The van der Waals surface area contributed by atoms with Crippen LogP contribution in [0.4, 0.5) is 5.69 Å². The quantitative estimate of drug-likeness (QED) is 0.533. The zero-order valence-electron chi connectivity index (χ0n) is 18.2. The molecule has 0 saturated carbocycles. The molecule has 2 amide bonds. The second-order valence-corrected chi connectivity index (χ2v) is 9.91. The van der Waals surface area contributed by atoms with Crippen molar-refractivity contribution in [3.8, 4) is 0 Å². The highest BCUT2D eigenvalue weighted by atomic mass is 79.9. The van der Waals surface area contributed by atoms with E-state index in [1.807, 2.05) is 62.9 Å². The van der Waals surface area contributed by atoms with Crippen LogP contribution >= 0.6 is 15.9 Å². The first-order valence-corrected chi connectivity index (χ1v) is 12.1. The molecule has 2 aromatic carbocycles. The topological polar surface area (TPSA) is 58.4 Å². The molecule has 1 unspecified atom stereocenters. The molecule has 2 aliphatic heterocycles. The summed E-state index contributed by atoms with van der Waals surface area (Å²) in [4.78, 5) is 34.7. The van der Waals surface area contributed by atoms with Crippen LogP contribution in [0.3, 0.4) is 0 Å². The number of fused-ring (bicyclic) bond motifs is 1. The minimum Gasteiger partial charge on any atom is -0.341 e. The van der Waals surface area contributed by atoms with Gasteiger partial charge >= 0.3 is 0 Å². The number of hydrogen-bond acceptors (Lipinski definition) is 3. The van der Waals surface area contributed by atoms with Crippen molar-refractivity contribution >= 4 is 44.5 Å². The average molecular weight is 495 g/mol. The molecule has 0 spiro atoms. The molecule has 1 atom stereocenters. The lowest BCUT2D eigenvalue weighted by atomic mass is 9.99. The number of likely N-dealkylation sites (tertiary alicyclic amines) is 1. The van der Waals surface area contributed by atoms with Gasteiger partial charge in [-0.15, -0.1) is 0 Å². The summed E-state index contributed by atoms with van der Waals surface area (Å²) < 4.78 is 3.02. The molecule has 3 aromatic rings. The van der Waals surface area contributed by atoms with E-state index in [4.69, 9.17) is 4.98 Å². The fourth-order valence-electron chi connectivity index (χ4n) is 4.82. The van der Waals surface area contributed by atoms with E-state index in [9.17, 15) is 9.59 Å². The number of anilines is 1. The Hall–Kier alpha value is -2.67. The van der Waals surface area contributed by atoms with Gasteiger partial charge in [0.15, 0.2) is 0 Å². The second-order valence-electron chi connectivity index (χ2n) is 8.99. The van der Waals surface area contributed by atoms with Gasteiger partial charge in [0.2, 0.25) is 11.8 Å². The van der Waals surface area contributed by atoms with Crippen molar-refractivity contribution in [1.82, 2.24) is 14.5 Å². The van der Waals surface area contributed by atoms with Crippen LogP contribution < -0.4 is 4.90 Å². The number of nitrogens with zero attached hydrogens (tertiary/aromatic N) is 4. The number of imidazole rings is 1. The summed E-state index contributed by atoms with van der Waals surface area (Å²) in [7, 11) is 0. The fourth-order valence-corrected chi connectivity index (χ4v) is 5.08. The summed E-state index contributed by atoms with van der Waals surface area (Å²) >= 11 is 3.45. The van der Waals surface area contributed by atoms with Gasteiger partial charge in [-0.3, -0.25) is 9.59 Å². The van der Waals surface area contributed by atoms with Crippen LogP contribution in [0.2, 0.25) is 0 Å². The van der Waals surface area contributed by atoms with Crippen molar-refractivity contribution in [1.29, 1.82) is 0 Å². The first-order chi connectivity index (χ1) is 15.5. The molecule has 0 bridgehead atoms. The number of rotatable bonds is 4. The van der Waals surface area contributed by atoms with E-state index in [1.54, 1.807) is 0 Å². The fraction of sp³-hybridized carbons (Fsp3) is 0.400. The standard InChI is InChI=1S/C25H27BrN4O2/c1-17-10-12-28(13-11-17)24(32)16-30-22-5-3-2-4-21(22)27-25(30)18-14-23(31)29(15-18)20-8-6-19(26)7-9-20/h2-9,17-18H,10-16H2,1H3. The van der Waals surface area contributed by atoms with Gasteiger partial charge in [-0.2, -0.15) is 0 Å². The van der Waals surface area contributed by atoms with Crippen LogP contribution in [0.25, 0.3) is 11.0 Å². The Kier molecular flexibility index (Phi) is 5.76. The summed E-state index contributed by atoms with van der Waals surface area (Å²) in [6.07, 6.45) is 2.51. The van der Waals surface area contributed by atoms with E-state index in [0.717, 1.165) is 52.9 Å². The van der Waals surface area contributed by atoms with Crippen molar-refractivity contribution in [2.24, 2.45) is 5.92 Å². The lowest BCUT2D eigenvalue weighted by Gasteiger charge is -2.30. The summed E-state index contributed by atoms with van der Waals surface area (Å²) in [6, 6.07) is 15.7. The first kappa shape index (κ1) is 21.2. The highest BCUT2D eigenvalue weighted by Crippen LogP contribution is 2.33. The molecule has 5 rings (SSSR count). The van der Waals surface area contributed by atoms with Crippen LogP contribution in [0, 0.1) is 5.92 Å². The summed E-state index contributed by atoms with van der Waals surface area (Å²) in [6.45, 7) is 4.73. The molecule has 0 radical (unpaired) electrons. The van der Waals surface area contributed by atoms with E-state index in [2.05, 4.69) is 22.9 Å². The van der Waals surface area contributed by atoms with Crippen LogP contribution in [-0.2, 0) is 16.1 Å². The smallest absolute Gasteiger partial charge is 0.242 e. The highest BCUT2D eigenvalue weighted by Gasteiger charge is 2.35. The van der Waals surface area contributed by atoms with E-state index >= 15 is 0 Å². The number of piperidine rings is 1. The number of benzene rings is 2. The summed E-state index contributed by atoms with van der Waals surface area (Å²) in [5.74, 6) is 1.69. The largest absolute Gasteiger partial charge is 0.341 e. The van der Waals surface area contributed by atoms with E-state index in [-0.39, 0.29) is 24.3 Å². The number of amides is 2. The van der Waals surface area contributed by atoms with Gasteiger partial charge in [-0.25, -0.2) is 4.98 Å². The monoisotopic (exact) mass is 494 g/mol. The van der Waals surface area contributed by atoms with Crippen molar-refractivity contribution in [2.45, 2.75) is 38.6 Å². The Bertz CT molecular complexity index is 1150. The van der Waals surface area contributed by atoms with E-state index < -0.39 is 0 Å². The molecule has 0 N–H and O–H groups in total. The zero-order valence-corrected chi connectivity index (χ0v) is 19.8. The third-order valence-corrected chi connectivity index (χ3v) is 7.27. The third-order valence-electron chi connectivity index (χ3n) is 6.74. The van der Waals surface area contributed by atoms with Gasteiger partial charge in [-0.1, -0.05) is 35.0 Å². The van der Waals surface area contributed by atoms with Gasteiger partial charge in [0.25, 0.3) is 0 Å². The molecular formula is C25H27BrN4O2. The Balaban J connectivity index is 1.43. The maximum absolute atomic E-state index is 13.2. The highest BCUT2D eigenvalue weighted by molar-refractivity contribution is 9.10. The van der Waals surface area contributed by atoms with E-state index in [1.165, 1.54) is 0 Å². The number of carbonyl (C=O) groups excluding carboxylic acids is 2.